The van der Waals surface area contributed by atoms with Crippen LogP contribution in [0.1, 0.15) is 5.56 Å². The van der Waals surface area contributed by atoms with Crippen LogP contribution in [0.3, 0.4) is 0 Å². The van der Waals surface area contributed by atoms with E-state index in [0.717, 1.165) is 4.47 Å². The molecular weight excluding hydrogens is 236 g/mol. The first-order chi connectivity index (χ1) is 6.19. The number of nitrogens with two attached hydrogens (primary N) is 1. The standard InChI is InChI=1S/C8H9BrN2O2/c1-13-7-4-5(9)2-3-6(7)8(10)11-12/h2-4,12H,1H3,(H2,10,11). The van der Waals surface area contributed by atoms with E-state index < -0.39 is 0 Å². The first kappa shape index (κ1) is 9.85. The molecule has 0 aliphatic heterocycles. The predicted molar refractivity (Wildman–Crippen MR) is 53.2 cm³/mol. The minimum Gasteiger partial charge on any atom is -0.496 e. The van der Waals surface area contributed by atoms with Gasteiger partial charge in [0.25, 0.3) is 0 Å². The number of oxime groups is 1. The van der Waals surface area contributed by atoms with E-state index in [4.69, 9.17) is 15.7 Å². The van der Waals surface area contributed by atoms with E-state index in [-0.39, 0.29) is 5.84 Å². The summed E-state index contributed by atoms with van der Waals surface area (Å²) >= 11 is 3.28. The van der Waals surface area contributed by atoms with Crippen molar-refractivity contribution in [1.29, 1.82) is 0 Å². The first-order valence-corrected chi connectivity index (χ1v) is 4.29. The highest BCUT2D eigenvalue weighted by Gasteiger charge is 2.07. The number of ether oxygens (including phenoxy) is 1. The Morgan fingerprint density at radius 3 is 2.85 bits per heavy atom. The number of halogens is 1. The van der Waals surface area contributed by atoms with E-state index in [0.29, 0.717) is 11.3 Å². The minimum absolute atomic E-state index is 0.0318. The lowest BCUT2D eigenvalue weighted by atomic mass is 10.2. The van der Waals surface area contributed by atoms with E-state index in [9.17, 15) is 0 Å². The molecule has 0 spiro atoms. The number of benzene rings is 1. The number of rotatable bonds is 2. The van der Waals surface area contributed by atoms with Crippen molar-refractivity contribution in [2.24, 2.45) is 10.9 Å². The van der Waals surface area contributed by atoms with Gasteiger partial charge in [-0.3, -0.25) is 0 Å². The van der Waals surface area contributed by atoms with Crippen molar-refractivity contribution in [1.82, 2.24) is 0 Å². The van der Waals surface area contributed by atoms with Gasteiger partial charge in [0.05, 0.1) is 12.7 Å². The summed E-state index contributed by atoms with van der Waals surface area (Å²) in [6, 6.07) is 5.24. The molecule has 13 heavy (non-hydrogen) atoms. The molecule has 0 bridgehead atoms. The molecular formula is C8H9BrN2O2. The molecule has 4 nitrogen and oxygen atoms in total. The van der Waals surface area contributed by atoms with Crippen molar-refractivity contribution in [2.75, 3.05) is 7.11 Å². The summed E-state index contributed by atoms with van der Waals surface area (Å²) < 4.78 is 5.92. The molecule has 0 fully saturated rings. The summed E-state index contributed by atoms with van der Waals surface area (Å²) in [5.74, 6) is 0.592. The van der Waals surface area contributed by atoms with Crippen LogP contribution < -0.4 is 10.5 Å². The fourth-order valence-electron chi connectivity index (χ4n) is 0.931. The number of nitrogens with zero attached hydrogens (tertiary/aromatic N) is 1. The van der Waals surface area contributed by atoms with Crippen molar-refractivity contribution < 1.29 is 9.94 Å². The molecule has 0 saturated heterocycles. The van der Waals surface area contributed by atoms with Gasteiger partial charge in [0, 0.05) is 4.47 Å². The molecule has 70 valence electrons. The molecule has 3 N–H and O–H groups in total. The molecule has 0 amide bonds. The molecule has 0 atom stereocenters. The van der Waals surface area contributed by atoms with Gasteiger partial charge in [-0.1, -0.05) is 21.1 Å². The summed E-state index contributed by atoms with van der Waals surface area (Å²) in [5.41, 5.74) is 5.99. The van der Waals surface area contributed by atoms with Crippen molar-refractivity contribution in [3.8, 4) is 5.75 Å². The number of hydrogen-bond donors (Lipinski definition) is 2. The van der Waals surface area contributed by atoms with E-state index in [2.05, 4.69) is 21.1 Å². The lowest BCUT2D eigenvalue weighted by Gasteiger charge is -2.06. The molecule has 1 aromatic carbocycles. The van der Waals surface area contributed by atoms with Crippen LogP contribution in [0.4, 0.5) is 0 Å². The SMILES string of the molecule is COc1cc(Br)ccc1/C(N)=N/O. The Balaban J connectivity index is 3.21. The average molecular weight is 245 g/mol. The van der Waals surface area contributed by atoms with Crippen LogP contribution in [0.5, 0.6) is 5.75 Å². The molecule has 0 radical (unpaired) electrons. The maximum atomic E-state index is 8.47. The second-order valence-corrected chi connectivity index (χ2v) is 3.25. The van der Waals surface area contributed by atoms with E-state index in [1.807, 2.05) is 0 Å². The zero-order valence-corrected chi connectivity index (χ0v) is 8.58. The van der Waals surface area contributed by atoms with Gasteiger partial charge < -0.3 is 15.7 Å². The van der Waals surface area contributed by atoms with E-state index in [1.54, 1.807) is 18.2 Å². The van der Waals surface area contributed by atoms with Crippen LogP contribution in [0.15, 0.2) is 27.8 Å². The maximum Gasteiger partial charge on any atom is 0.173 e. The first-order valence-electron chi connectivity index (χ1n) is 3.50. The van der Waals surface area contributed by atoms with Gasteiger partial charge >= 0.3 is 0 Å². The summed E-state index contributed by atoms with van der Waals surface area (Å²) in [5, 5.41) is 11.4. The Bertz CT molecular complexity index is 339. The van der Waals surface area contributed by atoms with Crippen LogP contribution in [-0.2, 0) is 0 Å². The molecule has 0 unspecified atom stereocenters. The van der Waals surface area contributed by atoms with Gasteiger partial charge in [-0.05, 0) is 18.2 Å². The Morgan fingerprint density at radius 1 is 1.62 bits per heavy atom. The second kappa shape index (κ2) is 4.13. The minimum atomic E-state index is 0.0318. The van der Waals surface area contributed by atoms with Gasteiger partial charge in [-0.25, -0.2) is 0 Å². The average Bonchev–Trinajstić information content (AvgIpc) is 2.16. The molecule has 1 aromatic rings. The predicted octanol–water partition coefficient (Wildman–Crippen LogP) is 1.55. The third-order valence-corrected chi connectivity index (χ3v) is 2.04. The Kier molecular flexibility index (Phi) is 3.13. The van der Waals surface area contributed by atoms with Gasteiger partial charge in [-0.15, -0.1) is 0 Å². The zero-order chi connectivity index (χ0) is 9.84. The smallest absolute Gasteiger partial charge is 0.173 e. The van der Waals surface area contributed by atoms with Crippen molar-refractivity contribution in [2.45, 2.75) is 0 Å². The largest absolute Gasteiger partial charge is 0.496 e. The molecule has 0 heterocycles. The summed E-state index contributed by atoms with van der Waals surface area (Å²) in [7, 11) is 1.52. The molecule has 0 aliphatic carbocycles. The number of hydrogen-bond acceptors (Lipinski definition) is 3. The fraction of sp³-hybridized carbons (Fsp3) is 0.125. The Hall–Kier alpha value is -1.23. The zero-order valence-electron chi connectivity index (χ0n) is 6.99. The number of methoxy groups -OCH3 is 1. The monoisotopic (exact) mass is 244 g/mol. The van der Waals surface area contributed by atoms with E-state index in [1.165, 1.54) is 7.11 Å². The summed E-state index contributed by atoms with van der Waals surface area (Å²) in [4.78, 5) is 0. The third-order valence-electron chi connectivity index (χ3n) is 1.55. The highest BCUT2D eigenvalue weighted by molar-refractivity contribution is 9.10. The van der Waals surface area contributed by atoms with Crippen molar-refractivity contribution >= 4 is 21.8 Å². The highest BCUT2D eigenvalue weighted by Crippen LogP contribution is 2.22. The van der Waals surface area contributed by atoms with Crippen LogP contribution in [-0.4, -0.2) is 18.2 Å². The topological polar surface area (TPSA) is 67.8 Å². The van der Waals surface area contributed by atoms with E-state index >= 15 is 0 Å². The van der Waals surface area contributed by atoms with Crippen molar-refractivity contribution in [3.05, 3.63) is 28.2 Å². The highest BCUT2D eigenvalue weighted by atomic mass is 79.9. The Labute approximate surface area is 84.1 Å². The second-order valence-electron chi connectivity index (χ2n) is 2.33. The molecule has 0 aromatic heterocycles. The van der Waals surface area contributed by atoms with Gasteiger partial charge in [0.1, 0.15) is 5.75 Å². The third kappa shape index (κ3) is 2.12. The van der Waals surface area contributed by atoms with Gasteiger partial charge in [-0.2, -0.15) is 0 Å². The molecule has 0 saturated carbocycles. The molecule has 5 heteroatoms. The summed E-state index contributed by atoms with van der Waals surface area (Å²) in [6.45, 7) is 0. The van der Waals surface area contributed by atoms with Crippen LogP contribution in [0, 0.1) is 0 Å². The van der Waals surface area contributed by atoms with Crippen LogP contribution in [0.2, 0.25) is 0 Å². The fourth-order valence-corrected chi connectivity index (χ4v) is 1.27. The maximum absolute atomic E-state index is 8.47. The molecule has 0 aliphatic rings. The van der Waals surface area contributed by atoms with Gasteiger partial charge in [0.2, 0.25) is 0 Å². The molecule has 1 rings (SSSR count). The summed E-state index contributed by atoms with van der Waals surface area (Å²) in [6.07, 6.45) is 0. The lowest BCUT2D eigenvalue weighted by molar-refractivity contribution is 0.318. The normalized spacial score (nSPS) is 11.4. The lowest BCUT2D eigenvalue weighted by Crippen LogP contribution is -2.14. The van der Waals surface area contributed by atoms with Crippen molar-refractivity contribution in [3.63, 3.8) is 0 Å². The van der Waals surface area contributed by atoms with Crippen LogP contribution in [0.25, 0.3) is 0 Å². The Morgan fingerprint density at radius 2 is 2.31 bits per heavy atom. The van der Waals surface area contributed by atoms with Crippen LogP contribution >= 0.6 is 15.9 Å². The number of amidine groups is 1. The van der Waals surface area contributed by atoms with Gasteiger partial charge in [0.15, 0.2) is 5.84 Å². The quantitative estimate of drug-likeness (QED) is 0.359.